The number of anilines is 1. The summed E-state index contributed by atoms with van der Waals surface area (Å²) in [5.41, 5.74) is 8.33. The summed E-state index contributed by atoms with van der Waals surface area (Å²) < 4.78 is 0. The third-order valence-corrected chi connectivity index (χ3v) is 3.17. The lowest BCUT2D eigenvalue weighted by molar-refractivity contribution is -0.117. The van der Waals surface area contributed by atoms with Crippen LogP contribution in [0.3, 0.4) is 0 Å². The molecule has 104 valence electrons. The van der Waals surface area contributed by atoms with Gasteiger partial charge in [0.15, 0.2) is 5.15 Å². The van der Waals surface area contributed by atoms with Crippen LogP contribution in [-0.2, 0) is 11.2 Å². The number of aromatic nitrogens is 1. The van der Waals surface area contributed by atoms with Gasteiger partial charge >= 0.3 is 0 Å². The first-order valence-electron chi connectivity index (χ1n) is 6.29. The van der Waals surface area contributed by atoms with E-state index in [1.807, 2.05) is 37.3 Å². The summed E-state index contributed by atoms with van der Waals surface area (Å²) >= 11 is 5.94. The van der Waals surface area contributed by atoms with E-state index in [1.165, 1.54) is 0 Å². The van der Waals surface area contributed by atoms with E-state index in [-0.39, 0.29) is 11.1 Å². The van der Waals surface area contributed by atoms with Gasteiger partial charge in [0.05, 0.1) is 11.7 Å². The summed E-state index contributed by atoms with van der Waals surface area (Å²) in [4.78, 5) is 16.0. The Kier molecular flexibility index (Phi) is 4.71. The summed E-state index contributed by atoms with van der Waals surface area (Å²) in [6.07, 6.45) is 2.12. The molecule has 20 heavy (non-hydrogen) atoms. The van der Waals surface area contributed by atoms with Crippen molar-refractivity contribution in [2.24, 2.45) is 5.73 Å². The molecule has 0 aliphatic rings. The predicted molar refractivity (Wildman–Crippen MR) is 80.7 cm³/mol. The van der Waals surface area contributed by atoms with Crippen LogP contribution in [0.5, 0.6) is 0 Å². The van der Waals surface area contributed by atoms with Gasteiger partial charge < -0.3 is 11.1 Å². The lowest BCUT2D eigenvalue weighted by atomic mass is 10.1. The molecular weight excluding hydrogens is 274 g/mol. The number of hydrogen-bond donors (Lipinski definition) is 2. The molecule has 1 amide bonds. The lowest BCUT2D eigenvalue weighted by Gasteiger charge is -2.13. The van der Waals surface area contributed by atoms with Crippen LogP contribution in [0.4, 0.5) is 5.69 Å². The van der Waals surface area contributed by atoms with Gasteiger partial charge in [-0.15, -0.1) is 0 Å². The van der Waals surface area contributed by atoms with Gasteiger partial charge in [-0.2, -0.15) is 0 Å². The minimum Gasteiger partial charge on any atom is -0.322 e. The van der Waals surface area contributed by atoms with Crippen LogP contribution < -0.4 is 11.1 Å². The minimum absolute atomic E-state index is 0.260. The standard InChI is InChI=1S/C15H16ClN3O/c1-10-7-13(14(16)18-9-10)19-15(20)12(17)8-11-5-3-2-4-6-11/h2-7,9,12H,8,17H2,1H3,(H,19,20). The maximum Gasteiger partial charge on any atom is 0.241 e. The summed E-state index contributed by atoms with van der Waals surface area (Å²) in [5.74, 6) is -0.275. The molecule has 2 rings (SSSR count). The van der Waals surface area contributed by atoms with Gasteiger partial charge in [0.25, 0.3) is 0 Å². The second kappa shape index (κ2) is 6.50. The highest BCUT2D eigenvalue weighted by Gasteiger charge is 2.15. The molecule has 0 saturated carbocycles. The molecule has 5 heteroatoms. The van der Waals surface area contributed by atoms with Crippen molar-refractivity contribution in [3.05, 3.63) is 58.9 Å². The highest BCUT2D eigenvalue weighted by molar-refractivity contribution is 6.32. The quantitative estimate of drug-likeness (QED) is 0.850. The molecule has 0 spiro atoms. The molecule has 0 radical (unpaired) electrons. The maximum absolute atomic E-state index is 12.1. The van der Waals surface area contributed by atoms with Crippen molar-refractivity contribution in [3.8, 4) is 0 Å². The van der Waals surface area contributed by atoms with Crippen molar-refractivity contribution in [2.75, 3.05) is 5.32 Å². The molecule has 1 atom stereocenters. The molecule has 0 saturated heterocycles. The Labute approximate surface area is 123 Å². The Bertz CT molecular complexity index is 601. The van der Waals surface area contributed by atoms with Crippen molar-refractivity contribution in [1.82, 2.24) is 4.98 Å². The van der Waals surface area contributed by atoms with Gasteiger partial charge in [0.1, 0.15) is 0 Å². The number of pyridine rings is 1. The van der Waals surface area contributed by atoms with Crippen molar-refractivity contribution in [2.45, 2.75) is 19.4 Å². The zero-order valence-corrected chi connectivity index (χ0v) is 11.9. The van der Waals surface area contributed by atoms with Crippen LogP contribution in [-0.4, -0.2) is 16.9 Å². The number of hydrogen-bond acceptors (Lipinski definition) is 3. The second-order valence-corrected chi connectivity index (χ2v) is 4.99. The van der Waals surface area contributed by atoms with Crippen molar-refractivity contribution in [1.29, 1.82) is 0 Å². The zero-order chi connectivity index (χ0) is 14.5. The zero-order valence-electron chi connectivity index (χ0n) is 11.1. The van der Waals surface area contributed by atoms with Gasteiger partial charge in [-0.25, -0.2) is 4.98 Å². The molecule has 1 heterocycles. The first-order valence-corrected chi connectivity index (χ1v) is 6.66. The fraction of sp³-hybridized carbons (Fsp3) is 0.200. The molecule has 4 nitrogen and oxygen atoms in total. The smallest absolute Gasteiger partial charge is 0.241 e. The van der Waals surface area contributed by atoms with Crippen LogP contribution in [0.2, 0.25) is 5.15 Å². The van der Waals surface area contributed by atoms with Crippen LogP contribution in [0.15, 0.2) is 42.6 Å². The Morgan fingerprint density at radius 1 is 1.40 bits per heavy atom. The Morgan fingerprint density at radius 2 is 2.10 bits per heavy atom. The Hall–Kier alpha value is -1.91. The van der Waals surface area contributed by atoms with Crippen molar-refractivity contribution in [3.63, 3.8) is 0 Å². The third kappa shape index (κ3) is 3.79. The predicted octanol–water partition coefficient (Wildman–Crippen LogP) is 2.55. The molecule has 1 aromatic carbocycles. The Morgan fingerprint density at radius 3 is 2.80 bits per heavy atom. The number of carbonyl (C=O) groups is 1. The molecular formula is C15H16ClN3O. The number of nitrogens with zero attached hydrogens (tertiary/aromatic N) is 1. The number of amides is 1. The molecule has 1 unspecified atom stereocenters. The molecule has 3 N–H and O–H groups in total. The third-order valence-electron chi connectivity index (χ3n) is 2.87. The van der Waals surface area contributed by atoms with Crippen LogP contribution >= 0.6 is 11.6 Å². The molecule has 2 aromatic rings. The highest BCUT2D eigenvalue weighted by atomic mass is 35.5. The molecule has 0 fully saturated rings. The van der Waals surface area contributed by atoms with E-state index < -0.39 is 6.04 Å². The number of carbonyl (C=O) groups excluding carboxylic acids is 1. The van der Waals surface area contributed by atoms with Gasteiger partial charge in [0, 0.05) is 6.20 Å². The second-order valence-electron chi connectivity index (χ2n) is 4.64. The fourth-order valence-corrected chi connectivity index (χ4v) is 1.98. The molecule has 0 bridgehead atoms. The normalized spacial score (nSPS) is 11.9. The van der Waals surface area contributed by atoms with Gasteiger partial charge in [-0.1, -0.05) is 41.9 Å². The largest absolute Gasteiger partial charge is 0.322 e. The van der Waals surface area contributed by atoms with E-state index >= 15 is 0 Å². The van der Waals surface area contributed by atoms with E-state index in [1.54, 1.807) is 12.3 Å². The summed E-state index contributed by atoms with van der Waals surface area (Å²) in [5, 5.41) is 2.97. The lowest BCUT2D eigenvalue weighted by Crippen LogP contribution is -2.37. The van der Waals surface area contributed by atoms with Crippen molar-refractivity contribution < 1.29 is 4.79 Å². The SMILES string of the molecule is Cc1cnc(Cl)c(NC(=O)C(N)Cc2ccccc2)c1. The Balaban J connectivity index is 2.02. The van der Waals surface area contributed by atoms with Gasteiger partial charge in [-0.05, 0) is 30.5 Å². The first-order chi connectivity index (χ1) is 9.56. The maximum atomic E-state index is 12.1. The number of halogens is 1. The van der Waals surface area contributed by atoms with E-state index in [9.17, 15) is 4.79 Å². The average molecular weight is 290 g/mol. The van der Waals surface area contributed by atoms with Gasteiger partial charge in [-0.3, -0.25) is 4.79 Å². The van der Waals surface area contributed by atoms with E-state index in [0.717, 1.165) is 11.1 Å². The molecule has 0 aliphatic heterocycles. The average Bonchev–Trinajstić information content (AvgIpc) is 2.44. The molecule has 0 aliphatic carbocycles. The van der Waals surface area contributed by atoms with E-state index in [0.29, 0.717) is 12.1 Å². The van der Waals surface area contributed by atoms with E-state index in [4.69, 9.17) is 17.3 Å². The highest BCUT2D eigenvalue weighted by Crippen LogP contribution is 2.20. The van der Waals surface area contributed by atoms with Gasteiger partial charge in [0.2, 0.25) is 5.91 Å². The number of aryl methyl sites for hydroxylation is 1. The number of nitrogens with one attached hydrogen (secondary N) is 1. The summed E-state index contributed by atoms with van der Waals surface area (Å²) in [6, 6.07) is 10.8. The number of benzene rings is 1. The monoisotopic (exact) mass is 289 g/mol. The molecule has 1 aromatic heterocycles. The van der Waals surface area contributed by atoms with Crippen molar-refractivity contribution >= 4 is 23.2 Å². The van der Waals surface area contributed by atoms with Crippen LogP contribution in [0.1, 0.15) is 11.1 Å². The number of rotatable bonds is 4. The summed E-state index contributed by atoms with van der Waals surface area (Å²) in [6.45, 7) is 1.88. The number of nitrogens with two attached hydrogens (primary N) is 1. The first kappa shape index (κ1) is 14.5. The summed E-state index contributed by atoms with van der Waals surface area (Å²) in [7, 11) is 0. The van der Waals surface area contributed by atoms with Crippen LogP contribution in [0.25, 0.3) is 0 Å². The minimum atomic E-state index is -0.631. The fourth-order valence-electron chi connectivity index (χ4n) is 1.83. The van der Waals surface area contributed by atoms with Crippen LogP contribution in [0, 0.1) is 6.92 Å². The topological polar surface area (TPSA) is 68.0 Å². The van der Waals surface area contributed by atoms with E-state index in [2.05, 4.69) is 10.3 Å².